The van der Waals surface area contributed by atoms with Gasteiger partial charge in [0, 0.05) is 16.1 Å². The zero-order valence-electron chi connectivity index (χ0n) is 13.6. The summed E-state index contributed by atoms with van der Waals surface area (Å²) >= 11 is 5.93. The predicted octanol–water partition coefficient (Wildman–Crippen LogP) is 2.91. The first kappa shape index (κ1) is 17.8. The van der Waals surface area contributed by atoms with Crippen molar-refractivity contribution in [3.05, 3.63) is 64.2 Å². The van der Waals surface area contributed by atoms with Crippen molar-refractivity contribution in [2.24, 2.45) is 0 Å². The molecular weight excluding hydrogens is 328 g/mol. The van der Waals surface area contributed by atoms with Gasteiger partial charge in [0.15, 0.2) is 0 Å². The zero-order chi connectivity index (χ0) is 17.5. The molecule has 0 aliphatic carbocycles. The SMILES string of the molecule is CCc1ccc(C(=O)NNC(=O)Cc2cc(Cl)ccc2OC)cc1. The highest BCUT2D eigenvalue weighted by Crippen LogP contribution is 2.22. The first-order valence-corrected chi connectivity index (χ1v) is 7.91. The first-order valence-electron chi connectivity index (χ1n) is 7.54. The molecule has 0 fully saturated rings. The topological polar surface area (TPSA) is 67.4 Å². The number of methoxy groups -OCH3 is 1. The number of halogens is 1. The Morgan fingerprint density at radius 3 is 2.42 bits per heavy atom. The normalized spacial score (nSPS) is 10.1. The van der Waals surface area contributed by atoms with Gasteiger partial charge in [0.2, 0.25) is 5.91 Å². The lowest BCUT2D eigenvalue weighted by molar-refractivity contribution is -0.121. The molecule has 5 nitrogen and oxygen atoms in total. The number of aryl methyl sites for hydroxylation is 1. The predicted molar refractivity (Wildman–Crippen MR) is 93.1 cm³/mol. The maximum absolute atomic E-state index is 12.0. The summed E-state index contributed by atoms with van der Waals surface area (Å²) in [5, 5.41) is 0.513. The van der Waals surface area contributed by atoms with Crippen LogP contribution in [0, 0.1) is 0 Å². The zero-order valence-corrected chi connectivity index (χ0v) is 14.3. The monoisotopic (exact) mass is 346 g/mol. The maximum Gasteiger partial charge on any atom is 0.269 e. The van der Waals surface area contributed by atoms with Crippen molar-refractivity contribution in [2.75, 3.05) is 7.11 Å². The number of benzene rings is 2. The average molecular weight is 347 g/mol. The first-order chi connectivity index (χ1) is 11.5. The number of carbonyl (C=O) groups excluding carboxylic acids is 2. The standard InChI is InChI=1S/C18H19ClN2O3/c1-3-12-4-6-13(7-5-12)18(23)21-20-17(22)11-14-10-15(19)8-9-16(14)24-2/h4-10H,3,11H2,1-2H3,(H,20,22)(H,21,23). The smallest absolute Gasteiger partial charge is 0.269 e. The average Bonchev–Trinajstić information content (AvgIpc) is 2.60. The van der Waals surface area contributed by atoms with Gasteiger partial charge >= 0.3 is 0 Å². The Kier molecular flexibility index (Phi) is 6.21. The summed E-state index contributed by atoms with van der Waals surface area (Å²) in [5.74, 6) is -0.172. The Morgan fingerprint density at radius 1 is 1.08 bits per heavy atom. The largest absolute Gasteiger partial charge is 0.496 e. The molecular formula is C18H19ClN2O3. The van der Waals surface area contributed by atoms with Crippen LogP contribution in [0.5, 0.6) is 5.75 Å². The lowest BCUT2D eigenvalue weighted by Gasteiger charge is -2.10. The van der Waals surface area contributed by atoms with Gasteiger partial charge in [0.1, 0.15) is 5.75 Å². The molecule has 0 aliphatic heterocycles. The number of ether oxygens (including phenoxy) is 1. The van der Waals surface area contributed by atoms with E-state index < -0.39 is 0 Å². The fourth-order valence-electron chi connectivity index (χ4n) is 2.19. The Morgan fingerprint density at radius 2 is 1.79 bits per heavy atom. The minimum absolute atomic E-state index is 0.0405. The maximum atomic E-state index is 12.0. The summed E-state index contributed by atoms with van der Waals surface area (Å²) in [4.78, 5) is 24.0. The van der Waals surface area contributed by atoms with E-state index in [1.807, 2.05) is 19.1 Å². The van der Waals surface area contributed by atoms with Crippen LogP contribution in [-0.4, -0.2) is 18.9 Å². The summed E-state index contributed by atoms with van der Waals surface area (Å²) in [7, 11) is 1.52. The molecule has 0 spiro atoms. The summed E-state index contributed by atoms with van der Waals surface area (Å²) in [5.41, 5.74) is 7.05. The minimum Gasteiger partial charge on any atom is -0.496 e. The summed E-state index contributed by atoms with van der Waals surface area (Å²) in [6, 6.07) is 12.2. The third kappa shape index (κ3) is 4.73. The lowest BCUT2D eigenvalue weighted by Crippen LogP contribution is -2.42. The molecule has 0 aromatic heterocycles. The van der Waals surface area contributed by atoms with Gasteiger partial charge in [-0.25, -0.2) is 0 Å². The fraction of sp³-hybridized carbons (Fsp3) is 0.222. The van der Waals surface area contributed by atoms with Crippen molar-refractivity contribution in [2.45, 2.75) is 19.8 Å². The molecule has 0 aliphatic rings. The molecule has 126 valence electrons. The van der Waals surface area contributed by atoms with Gasteiger partial charge < -0.3 is 4.74 Å². The third-order valence-corrected chi connectivity index (χ3v) is 3.77. The highest BCUT2D eigenvalue weighted by atomic mass is 35.5. The molecule has 0 heterocycles. The van der Waals surface area contributed by atoms with Crippen LogP contribution in [0.2, 0.25) is 5.02 Å². The highest BCUT2D eigenvalue weighted by Gasteiger charge is 2.11. The Bertz CT molecular complexity index is 730. The van der Waals surface area contributed by atoms with Crippen LogP contribution in [0.3, 0.4) is 0 Å². The second kappa shape index (κ2) is 8.36. The summed E-state index contributed by atoms with van der Waals surface area (Å²) < 4.78 is 5.19. The van der Waals surface area contributed by atoms with E-state index >= 15 is 0 Å². The molecule has 6 heteroatoms. The van der Waals surface area contributed by atoms with E-state index in [0.717, 1.165) is 12.0 Å². The molecule has 0 saturated heterocycles. The van der Waals surface area contributed by atoms with E-state index in [2.05, 4.69) is 10.9 Å². The number of carbonyl (C=O) groups is 2. The number of hydrogen-bond donors (Lipinski definition) is 2. The summed E-state index contributed by atoms with van der Waals surface area (Å²) in [6.07, 6.45) is 0.943. The Hall–Kier alpha value is -2.53. The number of nitrogens with one attached hydrogen (secondary N) is 2. The molecule has 2 rings (SSSR count). The van der Waals surface area contributed by atoms with Crippen LogP contribution in [0.25, 0.3) is 0 Å². The Balaban J connectivity index is 1.93. The fourth-order valence-corrected chi connectivity index (χ4v) is 2.39. The quantitative estimate of drug-likeness (QED) is 0.818. The van der Waals surface area contributed by atoms with Gasteiger partial charge in [0.25, 0.3) is 5.91 Å². The van der Waals surface area contributed by atoms with Crippen LogP contribution < -0.4 is 15.6 Å². The van der Waals surface area contributed by atoms with Gasteiger partial charge in [-0.05, 0) is 42.3 Å². The number of rotatable bonds is 5. The molecule has 0 bridgehead atoms. The van der Waals surface area contributed by atoms with E-state index in [-0.39, 0.29) is 18.2 Å². The molecule has 2 aromatic carbocycles. The van der Waals surface area contributed by atoms with Gasteiger partial charge in [-0.1, -0.05) is 30.7 Å². The molecule has 2 aromatic rings. The number of hydrazine groups is 1. The van der Waals surface area contributed by atoms with Crippen molar-refractivity contribution in [1.29, 1.82) is 0 Å². The van der Waals surface area contributed by atoms with E-state index in [1.165, 1.54) is 7.11 Å². The van der Waals surface area contributed by atoms with E-state index in [9.17, 15) is 9.59 Å². The molecule has 0 saturated carbocycles. The molecule has 2 N–H and O–H groups in total. The van der Waals surface area contributed by atoms with Crippen molar-refractivity contribution in [3.8, 4) is 5.75 Å². The molecule has 0 atom stereocenters. The number of amides is 2. The number of hydrogen-bond acceptors (Lipinski definition) is 3. The molecule has 0 radical (unpaired) electrons. The van der Waals surface area contributed by atoms with Crippen LogP contribution in [0.15, 0.2) is 42.5 Å². The van der Waals surface area contributed by atoms with E-state index in [0.29, 0.717) is 21.9 Å². The second-order valence-corrected chi connectivity index (χ2v) is 5.62. The highest BCUT2D eigenvalue weighted by molar-refractivity contribution is 6.30. The molecule has 24 heavy (non-hydrogen) atoms. The Labute approximate surface area is 145 Å². The van der Waals surface area contributed by atoms with E-state index in [4.69, 9.17) is 16.3 Å². The van der Waals surface area contributed by atoms with Gasteiger partial charge in [-0.3, -0.25) is 20.4 Å². The summed E-state index contributed by atoms with van der Waals surface area (Å²) in [6.45, 7) is 2.04. The van der Waals surface area contributed by atoms with Crippen LogP contribution in [-0.2, 0) is 17.6 Å². The van der Waals surface area contributed by atoms with Gasteiger partial charge in [0.05, 0.1) is 13.5 Å². The van der Waals surface area contributed by atoms with Crippen molar-refractivity contribution in [3.63, 3.8) is 0 Å². The van der Waals surface area contributed by atoms with Crippen molar-refractivity contribution < 1.29 is 14.3 Å². The lowest BCUT2D eigenvalue weighted by atomic mass is 10.1. The van der Waals surface area contributed by atoms with Crippen LogP contribution >= 0.6 is 11.6 Å². The van der Waals surface area contributed by atoms with Gasteiger partial charge in [-0.2, -0.15) is 0 Å². The molecule has 2 amide bonds. The van der Waals surface area contributed by atoms with Crippen LogP contribution in [0.1, 0.15) is 28.4 Å². The minimum atomic E-state index is -0.371. The second-order valence-electron chi connectivity index (χ2n) is 5.19. The third-order valence-electron chi connectivity index (χ3n) is 3.53. The molecule has 0 unspecified atom stereocenters. The van der Waals surface area contributed by atoms with Crippen molar-refractivity contribution in [1.82, 2.24) is 10.9 Å². The van der Waals surface area contributed by atoms with Gasteiger partial charge in [-0.15, -0.1) is 0 Å². The van der Waals surface area contributed by atoms with E-state index in [1.54, 1.807) is 30.3 Å². The van der Waals surface area contributed by atoms with Crippen LogP contribution in [0.4, 0.5) is 0 Å². The van der Waals surface area contributed by atoms with Crippen molar-refractivity contribution >= 4 is 23.4 Å².